The number of carbonyl (C=O) groups is 3. The van der Waals surface area contributed by atoms with Crippen molar-refractivity contribution in [1.29, 1.82) is 0 Å². The van der Waals surface area contributed by atoms with Gasteiger partial charge >= 0.3 is 6.09 Å². The van der Waals surface area contributed by atoms with Crippen LogP contribution in [0.15, 0.2) is 18.2 Å². The summed E-state index contributed by atoms with van der Waals surface area (Å²) in [5.41, 5.74) is 0.261. The summed E-state index contributed by atoms with van der Waals surface area (Å²) >= 11 is 12.0. The van der Waals surface area contributed by atoms with Crippen LogP contribution in [0.3, 0.4) is 0 Å². The second kappa shape index (κ2) is 10.7. The highest BCUT2D eigenvalue weighted by Gasteiger charge is 2.29. The molecule has 1 heterocycles. The Morgan fingerprint density at radius 1 is 1.21 bits per heavy atom. The molecule has 9 heteroatoms. The predicted molar refractivity (Wildman–Crippen MR) is 112 cm³/mol. The molecule has 1 aromatic carbocycles. The van der Waals surface area contributed by atoms with Crippen molar-refractivity contribution in [1.82, 2.24) is 15.5 Å². The second-order valence-electron chi connectivity index (χ2n) is 7.29. The third-order valence-electron chi connectivity index (χ3n) is 4.78. The second-order valence-corrected chi connectivity index (χ2v) is 8.13. The maximum absolute atomic E-state index is 12.8. The predicted octanol–water partition coefficient (Wildman–Crippen LogP) is 3.48. The molecule has 1 fully saturated rings. The van der Waals surface area contributed by atoms with E-state index in [1.807, 2.05) is 13.8 Å². The fraction of sp³-hybridized carbons (Fsp3) is 0.550. The number of hydrogen-bond donors (Lipinski definition) is 2. The quantitative estimate of drug-likeness (QED) is 0.703. The van der Waals surface area contributed by atoms with Crippen LogP contribution in [-0.4, -0.2) is 54.6 Å². The van der Waals surface area contributed by atoms with Crippen molar-refractivity contribution in [2.75, 3.05) is 19.7 Å². The highest BCUT2D eigenvalue weighted by Crippen LogP contribution is 2.21. The molecule has 1 atom stereocenters. The van der Waals surface area contributed by atoms with Gasteiger partial charge in [-0.25, -0.2) is 4.79 Å². The Morgan fingerprint density at radius 2 is 1.86 bits per heavy atom. The van der Waals surface area contributed by atoms with Crippen molar-refractivity contribution in [3.63, 3.8) is 0 Å². The van der Waals surface area contributed by atoms with Gasteiger partial charge in [0.05, 0.1) is 17.2 Å². The minimum atomic E-state index is -0.711. The Bertz CT molecular complexity index is 749. The monoisotopic (exact) mass is 443 g/mol. The first-order valence-corrected chi connectivity index (χ1v) is 10.5. The lowest BCUT2D eigenvalue weighted by atomic mass is 10.00. The van der Waals surface area contributed by atoms with E-state index in [4.69, 9.17) is 27.9 Å². The van der Waals surface area contributed by atoms with E-state index in [1.54, 1.807) is 17.9 Å². The molecule has 7 nitrogen and oxygen atoms in total. The topological polar surface area (TPSA) is 87.7 Å². The number of nitrogens with one attached hydrogen (secondary N) is 2. The number of halogens is 2. The van der Waals surface area contributed by atoms with Gasteiger partial charge in [-0.1, -0.05) is 37.0 Å². The van der Waals surface area contributed by atoms with Crippen molar-refractivity contribution in [2.24, 2.45) is 5.92 Å². The molecule has 29 heavy (non-hydrogen) atoms. The standard InChI is InChI=1S/C20H27Cl2N3O4/c1-4-29-20(28)25-9-7-14(8-10-25)23-19(27)17(12(2)3)24-18(26)15-6-5-13(21)11-16(15)22/h5-6,11-12,14,17H,4,7-10H2,1-3H3,(H,23,27)(H,24,26). The number of ether oxygens (including phenoxy) is 1. The summed E-state index contributed by atoms with van der Waals surface area (Å²) in [5.74, 6) is -0.810. The molecule has 1 aliphatic heterocycles. The summed E-state index contributed by atoms with van der Waals surface area (Å²) < 4.78 is 5.00. The van der Waals surface area contributed by atoms with Crippen LogP contribution in [0.5, 0.6) is 0 Å². The van der Waals surface area contributed by atoms with Gasteiger partial charge in [0.15, 0.2) is 0 Å². The van der Waals surface area contributed by atoms with E-state index in [1.165, 1.54) is 12.1 Å². The van der Waals surface area contributed by atoms with Gasteiger partial charge in [-0.15, -0.1) is 0 Å². The highest BCUT2D eigenvalue weighted by molar-refractivity contribution is 6.36. The van der Waals surface area contributed by atoms with Crippen molar-refractivity contribution in [2.45, 2.75) is 45.7 Å². The Hall–Kier alpha value is -1.99. The maximum Gasteiger partial charge on any atom is 0.409 e. The van der Waals surface area contributed by atoms with Crippen LogP contribution in [0.1, 0.15) is 44.0 Å². The van der Waals surface area contributed by atoms with E-state index in [0.29, 0.717) is 37.6 Å². The number of rotatable bonds is 6. The van der Waals surface area contributed by atoms with Crippen LogP contribution in [0.25, 0.3) is 0 Å². The normalized spacial score (nSPS) is 15.7. The van der Waals surface area contributed by atoms with Crippen molar-refractivity contribution in [3.8, 4) is 0 Å². The number of carbonyl (C=O) groups excluding carboxylic acids is 3. The van der Waals surface area contributed by atoms with E-state index in [-0.39, 0.29) is 34.5 Å². The number of benzene rings is 1. The van der Waals surface area contributed by atoms with Crippen LogP contribution < -0.4 is 10.6 Å². The van der Waals surface area contributed by atoms with E-state index in [2.05, 4.69) is 10.6 Å². The number of piperidine rings is 1. The Morgan fingerprint density at radius 3 is 2.41 bits per heavy atom. The van der Waals surface area contributed by atoms with E-state index in [9.17, 15) is 14.4 Å². The van der Waals surface area contributed by atoms with Gasteiger partial charge in [0.2, 0.25) is 5.91 Å². The van der Waals surface area contributed by atoms with Gasteiger partial charge < -0.3 is 20.3 Å². The summed E-state index contributed by atoms with van der Waals surface area (Å²) in [4.78, 5) is 38.8. The van der Waals surface area contributed by atoms with Crippen molar-refractivity contribution >= 4 is 41.1 Å². The molecule has 1 saturated heterocycles. The zero-order chi connectivity index (χ0) is 21.6. The van der Waals surface area contributed by atoms with Gasteiger partial charge in [0, 0.05) is 24.2 Å². The molecule has 2 N–H and O–H groups in total. The van der Waals surface area contributed by atoms with Gasteiger partial charge in [-0.3, -0.25) is 9.59 Å². The van der Waals surface area contributed by atoms with E-state index >= 15 is 0 Å². The number of likely N-dealkylation sites (tertiary alicyclic amines) is 1. The Balaban J connectivity index is 1.94. The number of hydrogen-bond acceptors (Lipinski definition) is 4. The number of amides is 3. The summed E-state index contributed by atoms with van der Waals surface area (Å²) in [7, 11) is 0. The van der Waals surface area contributed by atoms with Crippen LogP contribution in [0.4, 0.5) is 4.79 Å². The lowest BCUT2D eigenvalue weighted by Crippen LogP contribution is -2.54. The average Bonchev–Trinajstić information content (AvgIpc) is 2.66. The van der Waals surface area contributed by atoms with Gasteiger partial charge in [-0.05, 0) is 43.9 Å². The summed E-state index contributed by atoms with van der Waals surface area (Å²) in [6.45, 7) is 6.85. The third-order valence-corrected chi connectivity index (χ3v) is 5.33. The van der Waals surface area contributed by atoms with Crippen LogP contribution in [0.2, 0.25) is 10.0 Å². The molecule has 160 valence electrons. The summed E-state index contributed by atoms with van der Waals surface area (Å²) in [6.07, 6.45) is 0.933. The summed E-state index contributed by atoms with van der Waals surface area (Å²) in [6, 6.07) is 3.81. The fourth-order valence-corrected chi connectivity index (χ4v) is 3.63. The van der Waals surface area contributed by atoms with Gasteiger partial charge in [0.1, 0.15) is 6.04 Å². The highest BCUT2D eigenvalue weighted by atomic mass is 35.5. The molecule has 1 unspecified atom stereocenters. The molecule has 3 amide bonds. The lowest BCUT2D eigenvalue weighted by molar-refractivity contribution is -0.124. The Kier molecular flexibility index (Phi) is 8.59. The zero-order valence-electron chi connectivity index (χ0n) is 16.8. The maximum atomic E-state index is 12.8. The molecular formula is C20H27Cl2N3O4. The van der Waals surface area contributed by atoms with Crippen LogP contribution >= 0.6 is 23.2 Å². The first-order valence-electron chi connectivity index (χ1n) is 9.70. The minimum Gasteiger partial charge on any atom is -0.450 e. The molecule has 2 rings (SSSR count). The first-order chi connectivity index (χ1) is 13.7. The van der Waals surface area contributed by atoms with Gasteiger partial charge in [-0.2, -0.15) is 0 Å². The van der Waals surface area contributed by atoms with Crippen molar-refractivity contribution in [3.05, 3.63) is 33.8 Å². The fourth-order valence-electron chi connectivity index (χ4n) is 3.14. The van der Waals surface area contributed by atoms with Gasteiger partial charge in [0.25, 0.3) is 5.91 Å². The SMILES string of the molecule is CCOC(=O)N1CCC(NC(=O)C(NC(=O)c2ccc(Cl)cc2Cl)C(C)C)CC1. The molecular weight excluding hydrogens is 417 g/mol. The summed E-state index contributed by atoms with van der Waals surface area (Å²) in [5, 5.41) is 6.40. The lowest BCUT2D eigenvalue weighted by Gasteiger charge is -2.33. The largest absolute Gasteiger partial charge is 0.450 e. The van der Waals surface area contributed by atoms with Crippen LogP contribution in [-0.2, 0) is 9.53 Å². The molecule has 0 radical (unpaired) electrons. The molecule has 0 aliphatic carbocycles. The van der Waals surface area contributed by atoms with Crippen molar-refractivity contribution < 1.29 is 19.1 Å². The van der Waals surface area contributed by atoms with E-state index in [0.717, 1.165) is 0 Å². The molecule has 0 spiro atoms. The molecule has 1 aromatic rings. The molecule has 1 aliphatic rings. The third kappa shape index (κ3) is 6.51. The first kappa shape index (κ1) is 23.3. The molecule has 0 saturated carbocycles. The zero-order valence-corrected chi connectivity index (χ0v) is 18.3. The molecule has 0 aromatic heterocycles. The molecule has 0 bridgehead atoms. The minimum absolute atomic E-state index is 0.0644. The van der Waals surface area contributed by atoms with E-state index < -0.39 is 11.9 Å². The number of nitrogens with zero attached hydrogens (tertiary/aromatic N) is 1. The van der Waals surface area contributed by atoms with Crippen LogP contribution in [0, 0.1) is 5.92 Å². The average molecular weight is 444 g/mol. The Labute approximate surface area is 181 Å². The smallest absolute Gasteiger partial charge is 0.409 e.